The van der Waals surface area contributed by atoms with Crippen molar-refractivity contribution in [2.24, 2.45) is 0 Å². The van der Waals surface area contributed by atoms with Crippen molar-refractivity contribution >= 4 is 5.82 Å². The van der Waals surface area contributed by atoms with Crippen LogP contribution in [0.3, 0.4) is 0 Å². The SMILES string of the molecule is Cc1ccc(-n2cnc3c2CCN(Cc2ccc(N(C)C)nc2)C3)cc1. The van der Waals surface area contributed by atoms with Crippen LogP contribution in [0, 0.1) is 6.92 Å². The number of aryl methyl sites for hydroxylation is 1. The van der Waals surface area contributed by atoms with E-state index in [1.807, 2.05) is 31.5 Å². The van der Waals surface area contributed by atoms with Crippen LogP contribution in [-0.4, -0.2) is 40.1 Å². The molecule has 0 aliphatic carbocycles. The highest BCUT2D eigenvalue weighted by atomic mass is 15.2. The van der Waals surface area contributed by atoms with E-state index >= 15 is 0 Å². The molecular weight excluding hydrogens is 322 g/mol. The van der Waals surface area contributed by atoms with Crippen molar-refractivity contribution in [2.45, 2.75) is 26.4 Å². The van der Waals surface area contributed by atoms with Gasteiger partial charge in [0.1, 0.15) is 5.82 Å². The molecule has 0 saturated heterocycles. The first-order valence-corrected chi connectivity index (χ1v) is 9.07. The minimum absolute atomic E-state index is 0.892. The lowest BCUT2D eigenvalue weighted by Crippen LogP contribution is -2.30. The van der Waals surface area contributed by atoms with Crippen LogP contribution in [0.1, 0.15) is 22.5 Å². The molecule has 1 aliphatic heterocycles. The molecule has 5 heteroatoms. The summed E-state index contributed by atoms with van der Waals surface area (Å²) in [5.74, 6) is 0.992. The van der Waals surface area contributed by atoms with Crippen molar-refractivity contribution in [1.82, 2.24) is 19.4 Å². The molecule has 5 nitrogen and oxygen atoms in total. The summed E-state index contributed by atoms with van der Waals surface area (Å²) < 4.78 is 2.24. The van der Waals surface area contributed by atoms with E-state index in [-0.39, 0.29) is 0 Å². The number of pyridine rings is 1. The highest BCUT2D eigenvalue weighted by molar-refractivity contribution is 5.39. The third kappa shape index (κ3) is 3.35. The van der Waals surface area contributed by atoms with Gasteiger partial charge in [-0.15, -0.1) is 0 Å². The molecule has 0 saturated carbocycles. The fourth-order valence-corrected chi connectivity index (χ4v) is 3.46. The molecule has 3 heterocycles. The average molecular weight is 347 g/mol. The molecule has 134 valence electrons. The maximum Gasteiger partial charge on any atom is 0.127 e. The molecule has 1 aliphatic rings. The standard InChI is InChI=1S/C21H25N5/c1-16-4-7-18(8-5-16)26-15-23-19-14-25(11-10-20(19)26)13-17-6-9-21(22-12-17)24(2)3/h4-9,12,15H,10-11,13-14H2,1-3H3. The molecule has 0 bridgehead atoms. The Morgan fingerprint density at radius 2 is 1.85 bits per heavy atom. The minimum atomic E-state index is 0.892. The molecule has 4 rings (SSSR count). The smallest absolute Gasteiger partial charge is 0.127 e. The van der Waals surface area contributed by atoms with Crippen LogP contribution in [0.4, 0.5) is 5.82 Å². The Kier molecular flexibility index (Phi) is 4.47. The van der Waals surface area contributed by atoms with E-state index in [9.17, 15) is 0 Å². The topological polar surface area (TPSA) is 37.2 Å². The second-order valence-electron chi connectivity index (χ2n) is 7.22. The van der Waals surface area contributed by atoms with E-state index in [2.05, 4.69) is 62.8 Å². The first-order chi connectivity index (χ1) is 12.6. The lowest BCUT2D eigenvalue weighted by Gasteiger charge is -2.27. The van der Waals surface area contributed by atoms with E-state index in [1.54, 1.807) is 0 Å². The third-order valence-electron chi connectivity index (χ3n) is 4.98. The second-order valence-corrected chi connectivity index (χ2v) is 7.22. The first-order valence-electron chi connectivity index (χ1n) is 9.07. The van der Waals surface area contributed by atoms with Gasteiger partial charge in [-0.1, -0.05) is 23.8 Å². The monoisotopic (exact) mass is 347 g/mol. The third-order valence-corrected chi connectivity index (χ3v) is 4.98. The van der Waals surface area contributed by atoms with Crippen molar-refractivity contribution in [3.63, 3.8) is 0 Å². The fourth-order valence-electron chi connectivity index (χ4n) is 3.46. The van der Waals surface area contributed by atoms with Gasteiger partial charge in [0.15, 0.2) is 0 Å². The minimum Gasteiger partial charge on any atom is -0.363 e. The van der Waals surface area contributed by atoms with Crippen molar-refractivity contribution < 1.29 is 0 Å². The molecule has 1 aromatic carbocycles. The Hall–Kier alpha value is -2.66. The Bertz CT molecular complexity index is 878. The Morgan fingerprint density at radius 1 is 1.04 bits per heavy atom. The van der Waals surface area contributed by atoms with Gasteiger partial charge in [0.05, 0.1) is 12.0 Å². The summed E-state index contributed by atoms with van der Waals surface area (Å²) in [6.45, 7) is 4.96. The van der Waals surface area contributed by atoms with Crippen LogP contribution in [0.5, 0.6) is 0 Å². The van der Waals surface area contributed by atoms with Crippen LogP contribution < -0.4 is 4.90 Å². The first kappa shape index (κ1) is 16.8. The summed E-state index contributed by atoms with van der Waals surface area (Å²) in [7, 11) is 4.02. The maximum atomic E-state index is 4.68. The lowest BCUT2D eigenvalue weighted by molar-refractivity contribution is 0.240. The van der Waals surface area contributed by atoms with E-state index < -0.39 is 0 Å². The lowest BCUT2D eigenvalue weighted by atomic mass is 10.1. The van der Waals surface area contributed by atoms with E-state index in [4.69, 9.17) is 0 Å². The molecule has 0 spiro atoms. The van der Waals surface area contributed by atoms with E-state index in [0.717, 1.165) is 31.9 Å². The summed E-state index contributed by atoms with van der Waals surface area (Å²) in [6, 6.07) is 12.9. The Balaban J connectivity index is 1.47. The van der Waals surface area contributed by atoms with Crippen LogP contribution in [-0.2, 0) is 19.5 Å². The van der Waals surface area contributed by atoms with E-state index in [0.29, 0.717) is 0 Å². The number of aromatic nitrogens is 3. The summed E-state index contributed by atoms with van der Waals surface area (Å²) in [5.41, 5.74) is 6.25. The Labute approximate surface area is 154 Å². The number of benzene rings is 1. The van der Waals surface area contributed by atoms with Crippen molar-refractivity contribution in [1.29, 1.82) is 0 Å². The van der Waals surface area contributed by atoms with Gasteiger partial charge in [-0.2, -0.15) is 0 Å². The number of fused-ring (bicyclic) bond motifs is 1. The predicted octanol–water partition coefficient (Wildman–Crippen LogP) is 3.20. The van der Waals surface area contributed by atoms with Gasteiger partial charge in [0.2, 0.25) is 0 Å². The largest absolute Gasteiger partial charge is 0.363 e. The summed E-state index contributed by atoms with van der Waals surface area (Å²) in [4.78, 5) is 13.7. The van der Waals surface area contributed by atoms with Crippen LogP contribution >= 0.6 is 0 Å². The number of rotatable bonds is 4. The molecule has 26 heavy (non-hydrogen) atoms. The van der Waals surface area contributed by atoms with Gasteiger partial charge >= 0.3 is 0 Å². The van der Waals surface area contributed by atoms with Crippen molar-refractivity contribution in [3.8, 4) is 5.69 Å². The molecule has 0 radical (unpaired) electrons. The number of hydrogen-bond acceptors (Lipinski definition) is 4. The number of imidazole rings is 1. The van der Waals surface area contributed by atoms with Gasteiger partial charge in [0, 0.05) is 57.7 Å². The van der Waals surface area contributed by atoms with Gasteiger partial charge < -0.3 is 9.47 Å². The highest BCUT2D eigenvalue weighted by Crippen LogP contribution is 2.23. The molecule has 0 amide bonds. The molecule has 0 unspecified atom stereocenters. The molecular formula is C21H25N5. The molecule has 0 atom stereocenters. The summed E-state index contributed by atoms with van der Waals surface area (Å²) in [5, 5.41) is 0. The zero-order valence-electron chi connectivity index (χ0n) is 15.7. The van der Waals surface area contributed by atoms with Gasteiger partial charge in [0.25, 0.3) is 0 Å². The second kappa shape index (κ2) is 6.92. The highest BCUT2D eigenvalue weighted by Gasteiger charge is 2.21. The van der Waals surface area contributed by atoms with E-state index in [1.165, 1.54) is 28.2 Å². The van der Waals surface area contributed by atoms with Crippen LogP contribution in [0.2, 0.25) is 0 Å². The molecule has 0 N–H and O–H groups in total. The number of anilines is 1. The number of nitrogens with zero attached hydrogens (tertiary/aromatic N) is 5. The average Bonchev–Trinajstić information content (AvgIpc) is 3.06. The zero-order valence-corrected chi connectivity index (χ0v) is 15.7. The van der Waals surface area contributed by atoms with Gasteiger partial charge in [-0.05, 0) is 30.7 Å². The van der Waals surface area contributed by atoms with Crippen molar-refractivity contribution in [3.05, 3.63) is 71.4 Å². The zero-order chi connectivity index (χ0) is 18.1. The van der Waals surface area contributed by atoms with Gasteiger partial charge in [-0.25, -0.2) is 9.97 Å². The number of hydrogen-bond donors (Lipinski definition) is 0. The van der Waals surface area contributed by atoms with Crippen LogP contribution in [0.15, 0.2) is 48.9 Å². The van der Waals surface area contributed by atoms with Crippen LogP contribution in [0.25, 0.3) is 5.69 Å². The maximum absolute atomic E-state index is 4.68. The van der Waals surface area contributed by atoms with Gasteiger partial charge in [-0.3, -0.25) is 4.90 Å². The summed E-state index contributed by atoms with van der Waals surface area (Å²) >= 11 is 0. The molecule has 0 fully saturated rings. The quantitative estimate of drug-likeness (QED) is 0.726. The molecule has 3 aromatic rings. The predicted molar refractivity (Wildman–Crippen MR) is 105 cm³/mol. The molecule has 2 aromatic heterocycles. The Morgan fingerprint density at radius 3 is 2.54 bits per heavy atom. The van der Waals surface area contributed by atoms with Crippen molar-refractivity contribution in [2.75, 3.05) is 25.5 Å². The normalized spacial score (nSPS) is 14.3. The summed E-state index contributed by atoms with van der Waals surface area (Å²) in [6.07, 6.45) is 4.97. The fraction of sp³-hybridized carbons (Fsp3) is 0.333.